The molecule has 2 amide bonds. The SMILES string of the molecule is CC(C)N(C(=O)CNc1cc(Cl)ccc1C(=O)N1CCCC1)c1ccccc1. The molecule has 0 radical (unpaired) electrons. The van der Waals surface area contributed by atoms with Crippen molar-refractivity contribution in [1.82, 2.24) is 4.90 Å². The minimum atomic E-state index is -0.0688. The molecule has 0 aromatic heterocycles. The summed E-state index contributed by atoms with van der Waals surface area (Å²) in [6, 6.07) is 14.7. The zero-order valence-electron chi connectivity index (χ0n) is 16.3. The summed E-state index contributed by atoms with van der Waals surface area (Å²) < 4.78 is 0. The minimum Gasteiger partial charge on any atom is -0.375 e. The molecule has 1 heterocycles. The van der Waals surface area contributed by atoms with Crippen molar-refractivity contribution in [1.29, 1.82) is 0 Å². The number of hydrogen-bond donors (Lipinski definition) is 1. The highest BCUT2D eigenvalue weighted by atomic mass is 35.5. The van der Waals surface area contributed by atoms with Gasteiger partial charge in [0, 0.05) is 35.5 Å². The highest BCUT2D eigenvalue weighted by molar-refractivity contribution is 6.31. The molecule has 1 aliphatic heterocycles. The predicted octanol–water partition coefficient (Wildman–Crippen LogP) is 4.43. The van der Waals surface area contributed by atoms with Gasteiger partial charge >= 0.3 is 0 Å². The Balaban J connectivity index is 1.77. The molecule has 2 aromatic carbocycles. The van der Waals surface area contributed by atoms with Gasteiger partial charge in [-0.3, -0.25) is 9.59 Å². The lowest BCUT2D eigenvalue weighted by Gasteiger charge is -2.27. The maximum absolute atomic E-state index is 12.9. The van der Waals surface area contributed by atoms with E-state index >= 15 is 0 Å². The lowest BCUT2D eigenvalue weighted by atomic mass is 10.1. The Morgan fingerprint density at radius 3 is 2.43 bits per heavy atom. The molecule has 3 rings (SSSR count). The van der Waals surface area contributed by atoms with Crippen LogP contribution in [0.15, 0.2) is 48.5 Å². The van der Waals surface area contributed by atoms with Gasteiger partial charge in [0.05, 0.1) is 12.1 Å². The van der Waals surface area contributed by atoms with Crippen LogP contribution in [0, 0.1) is 0 Å². The molecule has 0 atom stereocenters. The first-order valence-electron chi connectivity index (χ1n) is 9.67. The van der Waals surface area contributed by atoms with Gasteiger partial charge in [-0.1, -0.05) is 29.8 Å². The number of nitrogens with one attached hydrogen (secondary N) is 1. The Labute approximate surface area is 171 Å². The van der Waals surface area contributed by atoms with E-state index in [1.165, 1.54) is 0 Å². The second kappa shape index (κ2) is 9.11. The first-order chi connectivity index (χ1) is 13.5. The summed E-state index contributed by atoms with van der Waals surface area (Å²) >= 11 is 6.15. The first-order valence-corrected chi connectivity index (χ1v) is 10.0. The quantitative estimate of drug-likeness (QED) is 0.781. The number of hydrogen-bond acceptors (Lipinski definition) is 3. The normalized spacial score (nSPS) is 13.6. The van der Waals surface area contributed by atoms with Gasteiger partial charge in [-0.15, -0.1) is 0 Å². The largest absolute Gasteiger partial charge is 0.375 e. The molecule has 0 unspecified atom stereocenters. The van der Waals surface area contributed by atoms with Gasteiger partial charge in [-0.2, -0.15) is 0 Å². The lowest BCUT2D eigenvalue weighted by Crippen LogP contribution is -2.40. The maximum atomic E-state index is 12.9. The molecule has 28 heavy (non-hydrogen) atoms. The number of amides is 2. The third-order valence-electron chi connectivity index (χ3n) is 4.85. The summed E-state index contributed by atoms with van der Waals surface area (Å²) in [4.78, 5) is 29.3. The number of carbonyl (C=O) groups excluding carboxylic acids is 2. The van der Waals surface area contributed by atoms with Crippen LogP contribution in [0.3, 0.4) is 0 Å². The molecular weight excluding hydrogens is 374 g/mol. The van der Waals surface area contributed by atoms with Crippen LogP contribution < -0.4 is 10.2 Å². The molecule has 1 aliphatic rings. The molecule has 2 aromatic rings. The minimum absolute atomic E-state index is 0.0155. The highest BCUT2D eigenvalue weighted by Crippen LogP contribution is 2.24. The smallest absolute Gasteiger partial charge is 0.255 e. The molecule has 0 bridgehead atoms. The van der Waals surface area contributed by atoms with Crippen molar-refractivity contribution in [3.05, 3.63) is 59.1 Å². The van der Waals surface area contributed by atoms with Crippen molar-refractivity contribution >= 4 is 34.8 Å². The van der Waals surface area contributed by atoms with E-state index in [0.29, 0.717) is 16.3 Å². The molecule has 5 nitrogen and oxygen atoms in total. The summed E-state index contributed by atoms with van der Waals surface area (Å²) in [6.07, 6.45) is 2.06. The average molecular weight is 400 g/mol. The summed E-state index contributed by atoms with van der Waals surface area (Å²) in [7, 11) is 0. The number of halogens is 1. The van der Waals surface area contributed by atoms with Crippen LogP contribution in [0.2, 0.25) is 5.02 Å². The standard InChI is InChI=1S/C22H26ClN3O2/c1-16(2)26(18-8-4-3-5-9-18)21(27)15-24-20-14-17(23)10-11-19(20)22(28)25-12-6-7-13-25/h3-5,8-11,14,16,24H,6-7,12-13,15H2,1-2H3. The van der Waals surface area contributed by atoms with Crippen molar-refractivity contribution in [2.75, 3.05) is 29.9 Å². The fourth-order valence-corrected chi connectivity index (χ4v) is 3.69. The second-order valence-electron chi connectivity index (χ2n) is 7.24. The number of rotatable bonds is 6. The molecule has 0 spiro atoms. The molecule has 0 saturated carbocycles. The van der Waals surface area contributed by atoms with Crippen molar-refractivity contribution in [2.24, 2.45) is 0 Å². The van der Waals surface area contributed by atoms with E-state index in [9.17, 15) is 9.59 Å². The Morgan fingerprint density at radius 1 is 1.11 bits per heavy atom. The van der Waals surface area contributed by atoms with E-state index in [-0.39, 0.29) is 24.4 Å². The molecule has 6 heteroatoms. The van der Waals surface area contributed by atoms with Gasteiger partial charge in [0.25, 0.3) is 5.91 Å². The van der Waals surface area contributed by atoms with Crippen molar-refractivity contribution in [3.63, 3.8) is 0 Å². The van der Waals surface area contributed by atoms with Crippen molar-refractivity contribution in [2.45, 2.75) is 32.7 Å². The number of nitrogens with zero attached hydrogens (tertiary/aromatic N) is 2. The fraction of sp³-hybridized carbons (Fsp3) is 0.364. The van der Waals surface area contributed by atoms with E-state index < -0.39 is 0 Å². The van der Waals surface area contributed by atoms with Gasteiger partial charge in [-0.05, 0) is 57.0 Å². The Morgan fingerprint density at radius 2 is 1.79 bits per heavy atom. The third kappa shape index (κ3) is 4.65. The van der Waals surface area contributed by atoms with E-state index in [2.05, 4.69) is 5.32 Å². The van der Waals surface area contributed by atoms with Crippen LogP contribution in [-0.2, 0) is 4.79 Å². The lowest BCUT2D eigenvalue weighted by molar-refractivity contribution is -0.117. The molecule has 0 aliphatic carbocycles. The summed E-state index contributed by atoms with van der Waals surface area (Å²) in [5, 5.41) is 3.66. The zero-order chi connectivity index (χ0) is 20.1. The van der Waals surface area contributed by atoms with Crippen LogP contribution in [0.4, 0.5) is 11.4 Å². The zero-order valence-corrected chi connectivity index (χ0v) is 17.1. The van der Waals surface area contributed by atoms with Gasteiger partial charge in [0.2, 0.25) is 5.91 Å². The predicted molar refractivity (Wildman–Crippen MR) is 114 cm³/mol. The second-order valence-corrected chi connectivity index (χ2v) is 7.67. The molecule has 1 saturated heterocycles. The maximum Gasteiger partial charge on any atom is 0.255 e. The average Bonchev–Trinajstić information content (AvgIpc) is 3.21. The van der Waals surface area contributed by atoms with Crippen LogP contribution in [0.1, 0.15) is 37.0 Å². The summed E-state index contributed by atoms with van der Waals surface area (Å²) in [5.41, 5.74) is 1.99. The van der Waals surface area contributed by atoms with Crippen molar-refractivity contribution < 1.29 is 9.59 Å². The highest BCUT2D eigenvalue weighted by Gasteiger charge is 2.23. The molecular formula is C22H26ClN3O2. The van der Waals surface area contributed by atoms with Crippen molar-refractivity contribution in [3.8, 4) is 0 Å². The Bertz CT molecular complexity index is 833. The number of likely N-dealkylation sites (tertiary alicyclic amines) is 1. The van der Waals surface area contributed by atoms with Crippen LogP contribution >= 0.6 is 11.6 Å². The van der Waals surface area contributed by atoms with E-state index in [1.54, 1.807) is 23.1 Å². The third-order valence-corrected chi connectivity index (χ3v) is 5.09. The monoisotopic (exact) mass is 399 g/mol. The van der Waals surface area contributed by atoms with E-state index in [1.807, 2.05) is 49.1 Å². The Hall–Kier alpha value is -2.53. The Kier molecular flexibility index (Phi) is 6.57. The number of para-hydroxylation sites is 1. The summed E-state index contributed by atoms with van der Waals surface area (Å²) in [5.74, 6) is -0.0892. The van der Waals surface area contributed by atoms with Crippen LogP contribution in [0.5, 0.6) is 0 Å². The van der Waals surface area contributed by atoms with E-state index in [0.717, 1.165) is 31.6 Å². The number of anilines is 2. The summed E-state index contributed by atoms with van der Waals surface area (Å²) in [6.45, 7) is 5.58. The van der Waals surface area contributed by atoms with E-state index in [4.69, 9.17) is 11.6 Å². The number of carbonyl (C=O) groups is 2. The van der Waals surface area contributed by atoms with Gasteiger partial charge in [0.15, 0.2) is 0 Å². The van der Waals surface area contributed by atoms with Gasteiger partial charge in [-0.25, -0.2) is 0 Å². The first kappa shape index (κ1) is 20.2. The molecule has 1 fully saturated rings. The van der Waals surface area contributed by atoms with Crippen LogP contribution in [-0.4, -0.2) is 42.4 Å². The fourth-order valence-electron chi connectivity index (χ4n) is 3.51. The molecule has 148 valence electrons. The molecule has 1 N–H and O–H groups in total. The topological polar surface area (TPSA) is 52.7 Å². The van der Waals surface area contributed by atoms with Gasteiger partial charge in [0.1, 0.15) is 0 Å². The number of benzene rings is 2. The van der Waals surface area contributed by atoms with Gasteiger partial charge < -0.3 is 15.1 Å². The van der Waals surface area contributed by atoms with Crippen LogP contribution in [0.25, 0.3) is 0 Å².